The van der Waals surface area contributed by atoms with E-state index in [4.69, 9.17) is 5.11 Å². The molecule has 0 saturated carbocycles. The largest absolute Gasteiger partial charge is 0.507 e. The van der Waals surface area contributed by atoms with Gasteiger partial charge in [0.2, 0.25) is 0 Å². The molecule has 0 radical (unpaired) electrons. The number of aromatic hydroxyl groups is 2. The molecule has 0 aliphatic heterocycles. The maximum Gasteiger partial charge on any atom is 0.339 e. The Kier molecular flexibility index (Phi) is 5.46. The molecule has 3 N–H and O–H groups in total. The number of hydrogen-bond donors (Lipinski definition) is 4. The van der Waals surface area contributed by atoms with Crippen molar-refractivity contribution in [3.63, 3.8) is 0 Å². The summed E-state index contributed by atoms with van der Waals surface area (Å²) < 4.78 is 0. The van der Waals surface area contributed by atoms with E-state index in [1.54, 1.807) is 0 Å². The van der Waals surface area contributed by atoms with Crippen LogP contribution in [0.2, 0.25) is 0 Å². The van der Waals surface area contributed by atoms with Crippen LogP contribution < -0.4 is 0 Å². The molecule has 0 aliphatic carbocycles. The van der Waals surface area contributed by atoms with Crippen LogP contribution in [0.4, 0.5) is 0 Å². The van der Waals surface area contributed by atoms with Gasteiger partial charge in [-0.15, -0.1) is 0 Å². The van der Waals surface area contributed by atoms with Gasteiger partial charge in [-0.25, -0.2) is 4.79 Å². The molecule has 4 nitrogen and oxygen atoms in total. The third-order valence-corrected chi connectivity index (χ3v) is 7.25. The first-order valence-corrected chi connectivity index (χ1v) is 10.7. The first-order chi connectivity index (χ1) is 14.5. The summed E-state index contributed by atoms with van der Waals surface area (Å²) in [7, 11) is -0.745. The second-order valence-electron chi connectivity index (χ2n) is 6.75. The Bertz CT molecular complexity index is 1130. The standard InChI is InChI=1S/C25H20O4S/c26-23-16-22(25(28)29)24(27)15-21(23)17-11-13-20(14-12-17)30(18-7-3-1-4-8-18)19-9-5-2-6-10-19/h1-16,26-27,30H,(H,28,29). The highest BCUT2D eigenvalue weighted by Gasteiger charge is 2.16. The van der Waals surface area contributed by atoms with Gasteiger partial charge in [0.1, 0.15) is 17.1 Å². The summed E-state index contributed by atoms with van der Waals surface area (Å²) in [6.07, 6.45) is 0. The van der Waals surface area contributed by atoms with Crippen molar-refractivity contribution >= 4 is 16.9 Å². The molecule has 30 heavy (non-hydrogen) atoms. The second-order valence-corrected chi connectivity index (χ2v) is 8.97. The monoisotopic (exact) mass is 416 g/mol. The van der Waals surface area contributed by atoms with E-state index in [0.29, 0.717) is 11.1 Å². The average molecular weight is 416 g/mol. The molecular formula is C25H20O4S. The van der Waals surface area contributed by atoms with Crippen molar-refractivity contribution in [2.45, 2.75) is 14.7 Å². The van der Waals surface area contributed by atoms with Crippen molar-refractivity contribution in [3.8, 4) is 22.6 Å². The van der Waals surface area contributed by atoms with Gasteiger partial charge in [-0.1, -0.05) is 48.5 Å². The highest BCUT2D eigenvalue weighted by atomic mass is 32.2. The minimum atomic E-state index is -1.29. The van der Waals surface area contributed by atoms with E-state index in [9.17, 15) is 15.0 Å². The maximum atomic E-state index is 11.1. The van der Waals surface area contributed by atoms with Gasteiger partial charge in [-0.3, -0.25) is 0 Å². The number of carboxylic acid groups (broad SMARTS) is 1. The van der Waals surface area contributed by atoms with Gasteiger partial charge in [0.15, 0.2) is 0 Å². The summed E-state index contributed by atoms with van der Waals surface area (Å²) in [6.45, 7) is 0. The van der Waals surface area contributed by atoms with Crippen molar-refractivity contribution in [2.75, 3.05) is 0 Å². The van der Waals surface area contributed by atoms with Gasteiger partial charge in [0.05, 0.1) is 0 Å². The number of carbonyl (C=O) groups is 1. The lowest BCUT2D eigenvalue weighted by molar-refractivity contribution is 0.0693. The molecule has 0 saturated heterocycles. The number of carboxylic acids is 1. The lowest BCUT2D eigenvalue weighted by Gasteiger charge is -2.23. The summed E-state index contributed by atoms with van der Waals surface area (Å²) in [5.41, 5.74) is 0.747. The summed E-state index contributed by atoms with van der Waals surface area (Å²) in [5.74, 6) is -1.86. The Hall–Kier alpha value is -3.70. The van der Waals surface area contributed by atoms with Crippen LogP contribution in [-0.4, -0.2) is 21.3 Å². The highest BCUT2D eigenvalue weighted by molar-refractivity contribution is 8.17. The van der Waals surface area contributed by atoms with Crippen LogP contribution in [0.1, 0.15) is 10.4 Å². The minimum absolute atomic E-state index is 0.189. The van der Waals surface area contributed by atoms with E-state index >= 15 is 0 Å². The molecule has 0 heterocycles. The van der Waals surface area contributed by atoms with Crippen molar-refractivity contribution in [2.24, 2.45) is 0 Å². The van der Waals surface area contributed by atoms with Gasteiger partial charge in [0.25, 0.3) is 0 Å². The SMILES string of the molecule is O=C(O)c1cc(O)c(-c2ccc([SH](c3ccccc3)c3ccccc3)cc2)cc1O. The van der Waals surface area contributed by atoms with E-state index in [1.165, 1.54) is 15.9 Å². The Morgan fingerprint density at radius 3 is 1.63 bits per heavy atom. The normalized spacial score (nSPS) is 11.1. The Morgan fingerprint density at radius 2 is 1.13 bits per heavy atom. The molecule has 0 bridgehead atoms. The third kappa shape index (κ3) is 3.88. The summed E-state index contributed by atoms with van der Waals surface area (Å²) >= 11 is 0. The number of aromatic carboxylic acids is 1. The fourth-order valence-electron chi connectivity index (χ4n) is 3.37. The molecule has 0 unspecified atom stereocenters. The number of rotatable bonds is 5. The number of phenolic OH excluding ortho intramolecular Hbond substituents is 1. The zero-order valence-electron chi connectivity index (χ0n) is 15.9. The molecule has 0 aromatic heterocycles. The van der Waals surface area contributed by atoms with Crippen LogP contribution in [0.15, 0.2) is 112 Å². The van der Waals surface area contributed by atoms with Crippen molar-refractivity contribution in [3.05, 3.63) is 103 Å². The van der Waals surface area contributed by atoms with Crippen LogP contribution in [0, 0.1) is 0 Å². The topological polar surface area (TPSA) is 77.8 Å². The molecule has 4 rings (SSSR count). The first kappa shape index (κ1) is 19.6. The number of hydrogen-bond acceptors (Lipinski definition) is 3. The average Bonchev–Trinajstić information content (AvgIpc) is 2.77. The summed E-state index contributed by atoms with van der Waals surface area (Å²) in [6, 6.07) is 30.8. The smallest absolute Gasteiger partial charge is 0.339 e. The van der Waals surface area contributed by atoms with Crippen molar-refractivity contribution < 1.29 is 20.1 Å². The minimum Gasteiger partial charge on any atom is -0.507 e. The van der Waals surface area contributed by atoms with Crippen LogP contribution in [0.25, 0.3) is 11.1 Å². The van der Waals surface area contributed by atoms with Crippen molar-refractivity contribution in [1.29, 1.82) is 0 Å². The summed E-state index contributed by atoms with van der Waals surface area (Å²) in [5, 5.41) is 29.4. The fraction of sp³-hybridized carbons (Fsp3) is 0. The van der Waals surface area contributed by atoms with Crippen LogP contribution >= 0.6 is 10.9 Å². The van der Waals surface area contributed by atoms with Gasteiger partial charge in [-0.2, -0.15) is 10.9 Å². The lowest BCUT2D eigenvalue weighted by Crippen LogP contribution is -1.97. The number of phenols is 2. The van der Waals surface area contributed by atoms with Gasteiger partial charge < -0.3 is 15.3 Å². The molecule has 0 amide bonds. The van der Waals surface area contributed by atoms with Crippen LogP contribution in [0.3, 0.4) is 0 Å². The molecule has 0 aliphatic rings. The van der Waals surface area contributed by atoms with E-state index < -0.39 is 16.9 Å². The molecule has 4 aromatic rings. The maximum absolute atomic E-state index is 11.1. The van der Waals surface area contributed by atoms with Gasteiger partial charge in [-0.05, 0) is 68.8 Å². The molecular weight excluding hydrogens is 396 g/mol. The third-order valence-electron chi connectivity index (χ3n) is 4.81. The fourth-order valence-corrected chi connectivity index (χ4v) is 5.65. The Labute approximate surface area is 177 Å². The predicted octanol–water partition coefficient (Wildman–Crippen LogP) is 5.94. The highest BCUT2D eigenvalue weighted by Crippen LogP contribution is 2.51. The Balaban J connectivity index is 1.75. The predicted molar refractivity (Wildman–Crippen MR) is 119 cm³/mol. The molecule has 0 spiro atoms. The molecule has 5 heteroatoms. The molecule has 0 atom stereocenters. The quantitative estimate of drug-likeness (QED) is 0.240. The zero-order chi connectivity index (χ0) is 21.1. The molecule has 150 valence electrons. The van der Waals surface area contributed by atoms with E-state index in [-0.39, 0.29) is 17.1 Å². The van der Waals surface area contributed by atoms with E-state index in [1.807, 2.05) is 60.7 Å². The number of thiol groups is 1. The molecule has 4 aromatic carbocycles. The van der Waals surface area contributed by atoms with Crippen LogP contribution in [-0.2, 0) is 0 Å². The van der Waals surface area contributed by atoms with E-state index in [2.05, 4.69) is 24.3 Å². The first-order valence-electron chi connectivity index (χ1n) is 9.34. The van der Waals surface area contributed by atoms with Crippen molar-refractivity contribution in [1.82, 2.24) is 0 Å². The zero-order valence-corrected chi connectivity index (χ0v) is 16.8. The Morgan fingerprint density at radius 1 is 0.633 bits per heavy atom. The lowest BCUT2D eigenvalue weighted by atomic mass is 10.0. The van der Waals surface area contributed by atoms with Gasteiger partial charge >= 0.3 is 5.97 Å². The summed E-state index contributed by atoms with van der Waals surface area (Å²) in [4.78, 5) is 14.8. The van der Waals surface area contributed by atoms with E-state index in [0.717, 1.165) is 11.0 Å². The van der Waals surface area contributed by atoms with Gasteiger partial charge in [0, 0.05) is 5.56 Å². The number of benzene rings is 4. The van der Waals surface area contributed by atoms with Crippen LogP contribution in [0.5, 0.6) is 11.5 Å². The molecule has 0 fully saturated rings. The second kappa shape index (κ2) is 8.35.